The molecule has 0 aliphatic carbocycles. The van der Waals surface area contributed by atoms with E-state index in [0.717, 1.165) is 35.2 Å². The Labute approximate surface area is 228 Å². The van der Waals surface area contributed by atoms with Crippen LogP contribution in [0.4, 0.5) is 0 Å². The molecule has 0 bridgehead atoms. The van der Waals surface area contributed by atoms with E-state index in [1.165, 1.54) is 49.2 Å². The first-order valence-electron chi connectivity index (χ1n) is 12.7. The minimum Gasteiger partial charge on any atom is -0.506 e. The summed E-state index contributed by atoms with van der Waals surface area (Å²) < 4.78 is 6.19. The van der Waals surface area contributed by atoms with Crippen molar-refractivity contribution in [2.45, 2.75) is 25.3 Å². The van der Waals surface area contributed by atoms with Crippen LogP contribution in [-0.2, 0) is 0 Å². The van der Waals surface area contributed by atoms with Crippen LogP contribution in [0.15, 0.2) is 84.9 Å². The number of nitrogens with one attached hydrogen (secondary N) is 1. The molecule has 1 atom stereocenters. The monoisotopic (exact) mass is 529 g/mol. The lowest BCUT2D eigenvalue weighted by Gasteiger charge is -2.36. The van der Waals surface area contributed by atoms with Gasteiger partial charge in [-0.2, -0.15) is 0 Å². The fraction of sp³-hybridized carbons (Fsp3) is 0.226. The largest absolute Gasteiger partial charge is 0.506 e. The van der Waals surface area contributed by atoms with Crippen LogP contribution in [-0.4, -0.2) is 41.8 Å². The average molecular weight is 530 g/mol. The van der Waals surface area contributed by atoms with E-state index in [-0.39, 0.29) is 16.3 Å². The Morgan fingerprint density at radius 2 is 1.76 bits per heavy atom. The van der Waals surface area contributed by atoms with E-state index in [1.54, 1.807) is 0 Å². The molecule has 196 valence electrons. The van der Waals surface area contributed by atoms with Gasteiger partial charge in [0.2, 0.25) is 5.91 Å². The number of benzene rings is 4. The van der Waals surface area contributed by atoms with Crippen molar-refractivity contribution in [3.8, 4) is 11.5 Å². The Morgan fingerprint density at radius 3 is 2.47 bits per heavy atom. The number of rotatable bonds is 7. The molecular formula is C31H32ClN3O3. The van der Waals surface area contributed by atoms with Crippen LogP contribution in [0.1, 0.15) is 46.8 Å². The maximum Gasteiger partial charge on any atom is 0.248 e. The van der Waals surface area contributed by atoms with Crippen LogP contribution >= 0.6 is 11.6 Å². The summed E-state index contributed by atoms with van der Waals surface area (Å²) in [5, 5.41) is 18.8. The molecule has 38 heavy (non-hydrogen) atoms. The van der Waals surface area contributed by atoms with Gasteiger partial charge in [-0.25, -0.2) is 0 Å². The highest BCUT2D eigenvalue weighted by Gasteiger charge is 2.23. The Bertz CT molecular complexity index is 1390. The molecule has 4 N–H and O–H groups in total. The van der Waals surface area contributed by atoms with E-state index in [4.69, 9.17) is 32.6 Å². The highest BCUT2D eigenvalue weighted by atomic mass is 35.5. The predicted octanol–water partition coefficient (Wildman–Crippen LogP) is 6.59. The van der Waals surface area contributed by atoms with E-state index in [1.807, 2.05) is 24.3 Å². The van der Waals surface area contributed by atoms with Gasteiger partial charge in [0, 0.05) is 35.3 Å². The number of nitrogens with zero attached hydrogens (tertiary/aromatic N) is 1. The van der Waals surface area contributed by atoms with Crippen molar-refractivity contribution in [1.82, 2.24) is 4.90 Å². The number of hydrogen-bond acceptors (Lipinski definition) is 5. The molecule has 5 rings (SSSR count). The Kier molecular flexibility index (Phi) is 9.35. The summed E-state index contributed by atoms with van der Waals surface area (Å²) >= 11 is 5.50. The first-order valence-corrected chi connectivity index (χ1v) is 13.1. The van der Waals surface area contributed by atoms with Gasteiger partial charge in [-0.3, -0.25) is 9.69 Å². The van der Waals surface area contributed by atoms with Gasteiger partial charge in [-0.15, -0.1) is 0 Å². The lowest BCUT2D eigenvalue weighted by Crippen LogP contribution is -2.36. The summed E-state index contributed by atoms with van der Waals surface area (Å²) in [5.41, 5.74) is 7.58. The second kappa shape index (κ2) is 13.1. The lowest BCUT2D eigenvalue weighted by atomic mass is 9.95. The number of aromatic hydroxyl groups is 1. The first kappa shape index (κ1) is 27.2. The number of hydrogen-bond donors (Lipinski definition) is 3. The third-order valence-corrected chi connectivity index (χ3v) is 7.04. The third kappa shape index (κ3) is 6.71. The summed E-state index contributed by atoms with van der Waals surface area (Å²) in [7, 11) is 0. The summed E-state index contributed by atoms with van der Waals surface area (Å²) in [6.45, 7) is 2.74. The van der Waals surface area contributed by atoms with E-state index in [9.17, 15) is 4.79 Å². The minimum atomic E-state index is -0.563. The van der Waals surface area contributed by atoms with Crippen molar-refractivity contribution in [3.05, 3.63) is 107 Å². The normalized spacial score (nSPS) is 15.3. The summed E-state index contributed by atoms with van der Waals surface area (Å²) in [5.74, 6) is 0.285. The van der Waals surface area contributed by atoms with E-state index < -0.39 is 5.91 Å². The molecular weight excluding hydrogens is 498 g/mol. The molecule has 1 amide bonds. The molecule has 1 aliphatic heterocycles. The quantitative estimate of drug-likeness (QED) is 0.235. The first-order chi connectivity index (χ1) is 18.5. The van der Waals surface area contributed by atoms with Crippen molar-refractivity contribution in [2.24, 2.45) is 5.73 Å². The maximum absolute atomic E-state index is 10.5. The second-order valence-electron chi connectivity index (χ2n) is 9.18. The number of amides is 1. The number of carbonyl (C=O) groups is 1. The van der Waals surface area contributed by atoms with E-state index in [0.29, 0.717) is 12.6 Å². The van der Waals surface area contributed by atoms with Crippen LogP contribution in [0.2, 0.25) is 5.02 Å². The van der Waals surface area contributed by atoms with E-state index in [2.05, 4.69) is 47.4 Å². The van der Waals surface area contributed by atoms with Crippen LogP contribution < -0.4 is 10.5 Å². The van der Waals surface area contributed by atoms with Gasteiger partial charge in [0.15, 0.2) is 0 Å². The molecule has 0 aromatic heterocycles. The Hall–Kier alpha value is -3.87. The molecule has 0 radical (unpaired) electrons. The number of likely N-dealkylation sites (tertiary alicyclic amines) is 1. The number of fused-ring (bicyclic) bond motifs is 1. The van der Waals surface area contributed by atoms with Gasteiger partial charge < -0.3 is 21.0 Å². The van der Waals surface area contributed by atoms with Gasteiger partial charge in [-0.1, -0.05) is 72.6 Å². The highest BCUT2D eigenvalue weighted by molar-refractivity contribution is 6.32. The number of primary amides is 1. The zero-order chi connectivity index (χ0) is 26.9. The van der Waals surface area contributed by atoms with Gasteiger partial charge >= 0.3 is 0 Å². The molecule has 6 nitrogen and oxygen atoms in total. The van der Waals surface area contributed by atoms with Gasteiger partial charge in [0.05, 0.1) is 5.02 Å². The number of nitrogens with two attached hydrogens (primary N) is 1. The maximum atomic E-state index is 10.5. The molecule has 4 aromatic rings. The van der Waals surface area contributed by atoms with Gasteiger partial charge in [0.1, 0.15) is 18.1 Å². The van der Waals surface area contributed by atoms with Gasteiger partial charge in [0.25, 0.3) is 0 Å². The number of ether oxygens (including phenoxy) is 1. The standard InChI is InChI=1S/C24H26N2O.C7H6ClNO2/c25-18-20-13-14-24(22-11-5-4-10-21(20)22)27-17-16-26-15-7-6-12-23(26)19-8-2-1-3-9-19;8-5-3-4(7(9)11)1-2-6(5)10/h1-5,8-11,13-14,18,23,25H,6-7,12,15-17H2;1-3,10H,(H2,9,11). The van der Waals surface area contributed by atoms with Crippen LogP contribution in [0, 0.1) is 5.41 Å². The molecule has 0 spiro atoms. The number of piperidine rings is 1. The molecule has 1 aliphatic rings. The number of phenols is 1. The Morgan fingerprint density at radius 1 is 1.03 bits per heavy atom. The SMILES string of the molecule is N=Cc1ccc(OCCN2CCCCC2c2ccccc2)c2ccccc12.NC(=O)c1ccc(O)c(Cl)c1. The van der Waals surface area contributed by atoms with Crippen LogP contribution in [0.3, 0.4) is 0 Å². The molecule has 0 saturated carbocycles. The predicted molar refractivity (Wildman–Crippen MR) is 154 cm³/mol. The number of phenolic OH excluding ortho intramolecular Hbond substituents is 1. The topological polar surface area (TPSA) is 99.6 Å². The van der Waals surface area contributed by atoms with Crippen LogP contribution in [0.25, 0.3) is 10.8 Å². The summed E-state index contributed by atoms with van der Waals surface area (Å²) in [4.78, 5) is 13.1. The average Bonchev–Trinajstić information content (AvgIpc) is 2.95. The van der Waals surface area contributed by atoms with Crippen molar-refractivity contribution >= 4 is 34.5 Å². The van der Waals surface area contributed by atoms with Crippen LogP contribution in [0.5, 0.6) is 11.5 Å². The van der Waals surface area contributed by atoms with Crippen molar-refractivity contribution in [1.29, 1.82) is 5.41 Å². The molecule has 1 heterocycles. The Balaban J connectivity index is 0.000000257. The third-order valence-electron chi connectivity index (χ3n) is 6.74. The lowest BCUT2D eigenvalue weighted by molar-refractivity contribution is 0.100. The molecule has 4 aromatic carbocycles. The molecule has 1 unspecified atom stereocenters. The second-order valence-corrected chi connectivity index (χ2v) is 9.59. The number of carbonyl (C=O) groups excluding carboxylic acids is 1. The van der Waals surface area contributed by atoms with Crippen molar-refractivity contribution in [2.75, 3.05) is 19.7 Å². The summed E-state index contributed by atoms with van der Waals surface area (Å²) in [6.07, 6.45) is 5.19. The molecule has 1 fully saturated rings. The zero-order valence-electron chi connectivity index (χ0n) is 21.1. The van der Waals surface area contributed by atoms with Crippen molar-refractivity contribution < 1.29 is 14.6 Å². The fourth-order valence-corrected chi connectivity index (χ4v) is 4.97. The summed E-state index contributed by atoms with van der Waals surface area (Å²) in [6, 6.07) is 27.5. The molecule has 7 heteroatoms. The highest BCUT2D eigenvalue weighted by Crippen LogP contribution is 2.31. The zero-order valence-corrected chi connectivity index (χ0v) is 21.9. The minimum absolute atomic E-state index is 0.0586. The molecule has 1 saturated heterocycles. The van der Waals surface area contributed by atoms with Crippen molar-refractivity contribution in [3.63, 3.8) is 0 Å². The fourth-order valence-electron chi connectivity index (χ4n) is 4.79. The van der Waals surface area contributed by atoms with Gasteiger partial charge in [-0.05, 0) is 60.7 Å². The van der Waals surface area contributed by atoms with E-state index >= 15 is 0 Å². The number of halogens is 1. The smallest absolute Gasteiger partial charge is 0.248 e.